The first kappa shape index (κ1) is 15.8. The number of hydrogen-bond acceptors (Lipinski definition) is 5. The van der Waals surface area contributed by atoms with Crippen LogP contribution in [0.5, 0.6) is 0 Å². The summed E-state index contributed by atoms with van der Waals surface area (Å²) in [6, 6.07) is 11.1. The highest BCUT2D eigenvalue weighted by Gasteiger charge is 2.32. The molecule has 1 saturated heterocycles. The van der Waals surface area contributed by atoms with Gasteiger partial charge in [-0.15, -0.1) is 0 Å². The summed E-state index contributed by atoms with van der Waals surface area (Å²) >= 11 is 6.23. The normalized spacial score (nSPS) is 17.3. The van der Waals surface area contributed by atoms with Gasteiger partial charge in [-0.05, 0) is 31.2 Å². The molecule has 1 amide bonds. The number of nitrogens with zero attached hydrogens (tertiary/aromatic N) is 4. The number of fused-ring (bicyclic) bond motifs is 1. The molecule has 1 aliphatic rings. The molecule has 0 radical (unpaired) electrons. The zero-order chi connectivity index (χ0) is 17.4. The number of amides is 1. The molecule has 3 aromatic rings. The zero-order valence-corrected chi connectivity index (χ0v) is 14.4. The van der Waals surface area contributed by atoms with Crippen LogP contribution in [0.2, 0.25) is 5.02 Å². The van der Waals surface area contributed by atoms with Crippen LogP contribution in [0.3, 0.4) is 0 Å². The van der Waals surface area contributed by atoms with Crippen molar-refractivity contribution in [1.29, 1.82) is 0 Å². The molecular formula is C18H16ClN5O. The molecular weight excluding hydrogens is 338 g/mol. The Labute approximate surface area is 149 Å². The predicted molar refractivity (Wildman–Crippen MR) is 97.9 cm³/mol. The fraction of sp³-hybridized carbons (Fsp3) is 0.222. The fourth-order valence-electron chi connectivity index (χ4n) is 3.08. The van der Waals surface area contributed by atoms with Gasteiger partial charge in [0.25, 0.3) is 0 Å². The number of rotatable bonds is 3. The number of nitrogens with one attached hydrogen (secondary N) is 1. The minimum Gasteiger partial charge on any atom is -0.364 e. The number of aromatic nitrogens is 3. The van der Waals surface area contributed by atoms with Crippen molar-refractivity contribution in [3.05, 3.63) is 53.4 Å². The van der Waals surface area contributed by atoms with E-state index in [-0.39, 0.29) is 11.9 Å². The molecule has 4 rings (SSSR count). The lowest BCUT2D eigenvalue weighted by atomic mass is 10.2. The highest BCUT2D eigenvalue weighted by Crippen LogP contribution is 2.30. The van der Waals surface area contributed by atoms with Crippen LogP contribution in [0.1, 0.15) is 12.2 Å². The van der Waals surface area contributed by atoms with E-state index in [0.29, 0.717) is 35.3 Å². The lowest BCUT2D eigenvalue weighted by molar-refractivity contribution is -0.117. The lowest BCUT2D eigenvalue weighted by Crippen LogP contribution is -2.28. The Morgan fingerprint density at radius 3 is 2.88 bits per heavy atom. The quantitative estimate of drug-likeness (QED) is 0.783. The number of benzene rings is 1. The van der Waals surface area contributed by atoms with Crippen LogP contribution in [-0.2, 0) is 4.79 Å². The van der Waals surface area contributed by atoms with E-state index in [2.05, 4.69) is 20.3 Å². The van der Waals surface area contributed by atoms with Crippen molar-refractivity contribution in [1.82, 2.24) is 15.0 Å². The van der Waals surface area contributed by atoms with Gasteiger partial charge in [-0.25, -0.2) is 15.0 Å². The van der Waals surface area contributed by atoms with Gasteiger partial charge in [0.1, 0.15) is 11.6 Å². The Kier molecular flexibility index (Phi) is 3.97. The van der Waals surface area contributed by atoms with E-state index in [0.717, 1.165) is 11.1 Å². The van der Waals surface area contributed by atoms with E-state index < -0.39 is 0 Å². The van der Waals surface area contributed by atoms with E-state index in [9.17, 15) is 4.79 Å². The highest BCUT2D eigenvalue weighted by atomic mass is 35.5. The second-order valence-electron chi connectivity index (χ2n) is 6.00. The maximum atomic E-state index is 12.4. The van der Waals surface area contributed by atoms with Crippen LogP contribution < -0.4 is 10.2 Å². The number of hydrogen-bond donors (Lipinski definition) is 1. The van der Waals surface area contributed by atoms with E-state index in [1.807, 2.05) is 37.3 Å². The first-order valence-corrected chi connectivity index (χ1v) is 8.40. The molecule has 126 valence electrons. The molecule has 1 N–H and O–H groups in total. The van der Waals surface area contributed by atoms with E-state index in [1.165, 1.54) is 0 Å². The standard InChI is InChI=1S/C18H16ClN5O/c1-11-21-17-13(5-4-8-20-17)18(22-11)23-12-9-16(25)24(10-12)15-7-3-2-6-14(15)19/h2-8,12H,9-10H2,1H3,(H,20,21,22,23). The zero-order valence-electron chi connectivity index (χ0n) is 13.6. The van der Waals surface area contributed by atoms with Crippen molar-refractivity contribution >= 4 is 40.0 Å². The maximum absolute atomic E-state index is 12.4. The largest absolute Gasteiger partial charge is 0.364 e. The molecule has 0 bridgehead atoms. The Balaban J connectivity index is 1.61. The summed E-state index contributed by atoms with van der Waals surface area (Å²) in [5, 5.41) is 4.79. The molecule has 6 nitrogen and oxygen atoms in total. The molecule has 1 unspecified atom stereocenters. The van der Waals surface area contributed by atoms with Crippen molar-refractivity contribution in [2.75, 3.05) is 16.8 Å². The molecule has 1 fully saturated rings. The van der Waals surface area contributed by atoms with Crippen molar-refractivity contribution in [2.24, 2.45) is 0 Å². The second kappa shape index (κ2) is 6.29. The third-order valence-corrected chi connectivity index (χ3v) is 4.51. The van der Waals surface area contributed by atoms with Crippen LogP contribution in [0.15, 0.2) is 42.6 Å². The summed E-state index contributed by atoms with van der Waals surface area (Å²) in [5.41, 5.74) is 1.38. The first-order chi connectivity index (χ1) is 12.1. The maximum Gasteiger partial charge on any atom is 0.229 e. The number of anilines is 2. The monoisotopic (exact) mass is 353 g/mol. The summed E-state index contributed by atoms with van der Waals surface area (Å²) in [6.07, 6.45) is 2.09. The molecule has 2 aromatic heterocycles. The summed E-state index contributed by atoms with van der Waals surface area (Å²) in [4.78, 5) is 27.3. The van der Waals surface area contributed by atoms with Crippen molar-refractivity contribution < 1.29 is 4.79 Å². The number of carbonyl (C=O) groups is 1. The van der Waals surface area contributed by atoms with Gasteiger partial charge in [-0.2, -0.15) is 0 Å². The van der Waals surface area contributed by atoms with Crippen LogP contribution in [0.4, 0.5) is 11.5 Å². The predicted octanol–water partition coefficient (Wildman–Crippen LogP) is 3.20. The van der Waals surface area contributed by atoms with Crippen LogP contribution in [0.25, 0.3) is 11.0 Å². The SMILES string of the molecule is Cc1nc(NC2CC(=O)N(c3ccccc3Cl)C2)c2cccnc2n1. The third kappa shape index (κ3) is 3.00. The van der Waals surface area contributed by atoms with Gasteiger partial charge in [0.05, 0.1) is 22.1 Å². The summed E-state index contributed by atoms with van der Waals surface area (Å²) in [7, 11) is 0. The smallest absolute Gasteiger partial charge is 0.229 e. The van der Waals surface area contributed by atoms with Gasteiger partial charge < -0.3 is 10.2 Å². The fourth-order valence-corrected chi connectivity index (χ4v) is 3.32. The number of aryl methyl sites for hydroxylation is 1. The molecule has 3 heterocycles. The molecule has 7 heteroatoms. The van der Waals surface area contributed by atoms with Crippen LogP contribution in [0, 0.1) is 6.92 Å². The Bertz CT molecular complexity index is 961. The van der Waals surface area contributed by atoms with Gasteiger partial charge in [0.15, 0.2) is 5.65 Å². The Hall–Kier alpha value is -2.73. The molecule has 0 spiro atoms. The second-order valence-corrected chi connectivity index (χ2v) is 6.40. The Morgan fingerprint density at radius 1 is 1.20 bits per heavy atom. The molecule has 1 aromatic carbocycles. The number of halogens is 1. The van der Waals surface area contributed by atoms with E-state index in [4.69, 9.17) is 11.6 Å². The van der Waals surface area contributed by atoms with Gasteiger partial charge >= 0.3 is 0 Å². The van der Waals surface area contributed by atoms with Gasteiger partial charge in [0, 0.05) is 19.2 Å². The summed E-state index contributed by atoms with van der Waals surface area (Å²) in [5.74, 6) is 1.38. The lowest BCUT2D eigenvalue weighted by Gasteiger charge is -2.19. The minimum absolute atomic E-state index is 0.0406. The summed E-state index contributed by atoms with van der Waals surface area (Å²) in [6.45, 7) is 2.36. The highest BCUT2D eigenvalue weighted by molar-refractivity contribution is 6.33. The van der Waals surface area contributed by atoms with E-state index >= 15 is 0 Å². The molecule has 1 aliphatic heterocycles. The average molecular weight is 354 g/mol. The Morgan fingerprint density at radius 2 is 2.04 bits per heavy atom. The first-order valence-electron chi connectivity index (χ1n) is 8.02. The molecule has 0 aliphatic carbocycles. The third-order valence-electron chi connectivity index (χ3n) is 4.19. The van der Waals surface area contributed by atoms with Crippen LogP contribution >= 0.6 is 11.6 Å². The molecule has 1 atom stereocenters. The number of para-hydroxylation sites is 1. The van der Waals surface area contributed by atoms with Crippen molar-refractivity contribution in [3.63, 3.8) is 0 Å². The number of carbonyl (C=O) groups excluding carboxylic acids is 1. The summed E-state index contributed by atoms with van der Waals surface area (Å²) < 4.78 is 0. The number of pyridine rings is 1. The average Bonchev–Trinajstić information content (AvgIpc) is 2.95. The van der Waals surface area contributed by atoms with Crippen molar-refractivity contribution in [3.8, 4) is 0 Å². The van der Waals surface area contributed by atoms with Gasteiger partial charge in [0.2, 0.25) is 5.91 Å². The van der Waals surface area contributed by atoms with Gasteiger partial charge in [-0.3, -0.25) is 4.79 Å². The van der Waals surface area contributed by atoms with Crippen molar-refractivity contribution in [2.45, 2.75) is 19.4 Å². The minimum atomic E-state index is -0.0542. The van der Waals surface area contributed by atoms with Crippen LogP contribution in [-0.4, -0.2) is 33.4 Å². The topological polar surface area (TPSA) is 71.0 Å². The molecule has 0 saturated carbocycles. The van der Waals surface area contributed by atoms with Gasteiger partial charge in [-0.1, -0.05) is 23.7 Å². The van der Waals surface area contributed by atoms with E-state index in [1.54, 1.807) is 17.2 Å². The molecule has 25 heavy (non-hydrogen) atoms.